The highest BCUT2D eigenvalue weighted by Crippen LogP contribution is 2.19. The van der Waals surface area contributed by atoms with Crippen molar-refractivity contribution < 1.29 is 14.4 Å². The number of benzene rings is 1. The maximum absolute atomic E-state index is 11.9. The Morgan fingerprint density at radius 3 is 2.31 bits per heavy atom. The van der Waals surface area contributed by atoms with Crippen molar-refractivity contribution in [3.63, 3.8) is 0 Å². The van der Waals surface area contributed by atoms with E-state index in [2.05, 4.69) is 21.3 Å². The number of carbonyl (C=O) groups is 3. The fraction of sp³-hybridized carbons (Fsp3) is 0.278. The molecule has 1 aromatic carbocycles. The standard InChI is InChI=1S/C18H20N4O3S/c23-16(7-9-19-17(24)12-8-10-26-11-12)20-13-1-3-14(4-2-13)21-18(25)22-15-5-6-15/h1-4,8,10-11,15H,5-7,9H2,(H,19,24)(H,20,23)(H2,21,22,25). The molecular weight excluding hydrogens is 352 g/mol. The van der Waals surface area contributed by atoms with Crippen LogP contribution < -0.4 is 21.3 Å². The molecular formula is C18H20N4O3S. The van der Waals surface area contributed by atoms with Crippen molar-refractivity contribution in [2.24, 2.45) is 0 Å². The van der Waals surface area contributed by atoms with E-state index >= 15 is 0 Å². The molecule has 1 saturated carbocycles. The Bertz CT molecular complexity index is 770. The molecule has 1 aliphatic carbocycles. The minimum atomic E-state index is -0.217. The Morgan fingerprint density at radius 2 is 1.69 bits per heavy atom. The van der Waals surface area contributed by atoms with Crippen molar-refractivity contribution >= 4 is 40.6 Å². The van der Waals surface area contributed by atoms with Crippen molar-refractivity contribution in [2.45, 2.75) is 25.3 Å². The number of amides is 4. The maximum atomic E-state index is 11.9. The van der Waals surface area contributed by atoms with Gasteiger partial charge in [0.15, 0.2) is 0 Å². The molecule has 1 aromatic heterocycles. The summed E-state index contributed by atoms with van der Waals surface area (Å²) in [7, 11) is 0. The Labute approximate surface area is 155 Å². The van der Waals surface area contributed by atoms with Crippen molar-refractivity contribution in [1.29, 1.82) is 0 Å². The predicted octanol–water partition coefficient (Wildman–Crippen LogP) is 2.79. The smallest absolute Gasteiger partial charge is 0.319 e. The summed E-state index contributed by atoms with van der Waals surface area (Å²) in [5.74, 6) is -0.373. The van der Waals surface area contributed by atoms with Gasteiger partial charge in [0.25, 0.3) is 5.91 Å². The molecule has 1 fully saturated rings. The monoisotopic (exact) mass is 372 g/mol. The summed E-state index contributed by atoms with van der Waals surface area (Å²) in [4.78, 5) is 35.4. The lowest BCUT2D eigenvalue weighted by atomic mass is 10.2. The second-order valence-corrected chi connectivity index (χ2v) is 6.80. The fourth-order valence-corrected chi connectivity index (χ4v) is 2.86. The second kappa shape index (κ2) is 8.48. The third kappa shape index (κ3) is 5.59. The van der Waals surface area contributed by atoms with E-state index in [1.807, 2.05) is 5.38 Å². The van der Waals surface area contributed by atoms with Crippen LogP contribution in [0.1, 0.15) is 29.6 Å². The molecule has 26 heavy (non-hydrogen) atoms. The first kappa shape index (κ1) is 17.9. The topological polar surface area (TPSA) is 99.3 Å². The summed E-state index contributed by atoms with van der Waals surface area (Å²) in [5, 5.41) is 14.6. The number of hydrogen-bond donors (Lipinski definition) is 4. The highest BCUT2D eigenvalue weighted by Gasteiger charge is 2.23. The van der Waals surface area contributed by atoms with Crippen molar-refractivity contribution in [2.75, 3.05) is 17.2 Å². The van der Waals surface area contributed by atoms with E-state index in [0.29, 0.717) is 23.0 Å². The predicted molar refractivity (Wildman–Crippen MR) is 102 cm³/mol. The van der Waals surface area contributed by atoms with E-state index in [1.54, 1.807) is 35.7 Å². The van der Waals surface area contributed by atoms with Crippen LogP contribution in [0.25, 0.3) is 0 Å². The van der Waals surface area contributed by atoms with Gasteiger partial charge in [-0.1, -0.05) is 0 Å². The van der Waals surface area contributed by atoms with E-state index in [1.165, 1.54) is 11.3 Å². The van der Waals surface area contributed by atoms with Gasteiger partial charge in [-0.15, -0.1) is 0 Å². The maximum Gasteiger partial charge on any atom is 0.319 e. The lowest BCUT2D eigenvalue weighted by Crippen LogP contribution is -2.30. The van der Waals surface area contributed by atoms with E-state index in [4.69, 9.17) is 0 Å². The first-order chi connectivity index (χ1) is 12.6. The molecule has 1 heterocycles. The molecule has 0 bridgehead atoms. The third-order valence-electron chi connectivity index (χ3n) is 3.76. The first-order valence-electron chi connectivity index (χ1n) is 8.38. The number of thiophene rings is 1. The van der Waals surface area contributed by atoms with Gasteiger partial charge >= 0.3 is 6.03 Å². The van der Waals surface area contributed by atoms with Gasteiger partial charge in [-0.05, 0) is 48.6 Å². The number of anilines is 2. The Morgan fingerprint density at radius 1 is 1.00 bits per heavy atom. The number of hydrogen-bond acceptors (Lipinski definition) is 4. The summed E-state index contributed by atoms with van der Waals surface area (Å²) in [5.41, 5.74) is 1.89. The highest BCUT2D eigenvalue weighted by atomic mass is 32.1. The SMILES string of the molecule is O=C(CCNC(=O)c1ccsc1)Nc1ccc(NC(=O)NC2CC2)cc1. The summed E-state index contributed by atoms with van der Waals surface area (Å²) in [6, 6.07) is 8.70. The zero-order valence-electron chi connectivity index (χ0n) is 14.1. The molecule has 0 saturated heterocycles. The lowest BCUT2D eigenvalue weighted by molar-refractivity contribution is -0.116. The molecule has 4 amide bonds. The number of nitrogens with one attached hydrogen (secondary N) is 4. The summed E-state index contributed by atoms with van der Waals surface area (Å²) in [6.45, 7) is 0.265. The van der Waals surface area contributed by atoms with Crippen LogP contribution in [-0.4, -0.2) is 30.4 Å². The normalized spacial score (nSPS) is 12.9. The molecule has 136 valence electrons. The molecule has 0 atom stereocenters. The average molecular weight is 372 g/mol. The van der Waals surface area contributed by atoms with Crippen LogP contribution in [0, 0.1) is 0 Å². The zero-order valence-corrected chi connectivity index (χ0v) is 14.9. The van der Waals surface area contributed by atoms with Gasteiger partial charge in [0, 0.05) is 41.3 Å². The highest BCUT2D eigenvalue weighted by molar-refractivity contribution is 7.08. The molecule has 4 N–H and O–H groups in total. The zero-order chi connectivity index (χ0) is 18.4. The van der Waals surface area contributed by atoms with Gasteiger partial charge in [-0.2, -0.15) is 11.3 Å². The van der Waals surface area contributed by atoms with Crippen LogP contribution in [0.2, 0.25) is 0 Å². The molecule has 0 aliphatic heterocycles. The van der Waals surface area contributed by atoms with Crippen molar-refractivity contribution in [1.82, 2.24) is 10.6 Å². The molecule has 3 rings (SSSR count). The van der Waals surface area contributed by atoms with Crippen LogP contribution in [-0.2, 0) is 4.79 Å². The van der Waals surface area contributed by atoms with E-state index in [0.717, 1.165) is 12.8 Å². The van der Waals surface area contributed by atoms with Gasteiger partial charge in [0.1, 0.15) is 0 Å². The molecule has 0 radical (unpaired) electrons. The molecule has 7 nitrogen and oxygen atoms in total. The average Bonchev–Trinajstić information content (AvgIpc) is 3.24. The Kier molecular flexibility index (Phi) is 5.85. The summed E-state index contributed by atoms with van der Waals surface area (Å²) >= 11 is 1.45. The van der Waals surface area contributed by atoms with E-state index < -0.39 is 0 Å². The third-order valence-corrected chi connectivity index (χ3v) is 4.44. The number of urea groups is 1. The quantitative estimate of drug-likeness (QED) is 0.601. The van der Waals surface area contributed by atoms with Gasteiger partial charge in [-0.25, -0.2) is 4.79 Å². The molecule has 0 unspecified atom stereocenters. The van der Waals surface area contributed by atoms with Gasteiger partial charge in [-0.3, -0.25) is 9.59 Å². The van der Waals surface area contributed by atoms with E-state index in [9.17, 15) is 14.4 Å². The lowest BCUT2D eigenvalue weighted by Gasteiger charge is -2.09. The van der Waals surface area contributed by atoms with Crippen molar-refractivity contribution in [3.05, 3.63) is 46.7 Å². The molecule has 2 aromatic rings. The van der Waals surface area contributed by atoms with Gasteiger partial charge in [0.05, 0.1) is 0 Å². The van der Waals surface area contributed by atoms with Crippen LogP contribution in [0.15, 0.2) is 41.1 Å². The largest absolute Gasteiger partial charge is 0.351 e. The first-order valence-corrected chi connectivity index (χ1v) is 9.32. The fourth-order valence-electron chi connectivity index (χ4n) is 2.23. The summed E-state index contributed by atoms with van der Waals surface area (Å²) in [6.07, 6.45) is 2.25. The molecule has 8 heteroatoms. The Balaban J connectivity index is 1.38. The van der Waals surface area contributed by atoms with Gasteiger partial charge < -0.3 is 21.3 Å². The molecule has 1 aliphatic rings. The minimum absolute atomic E-state index is 0.180. The molecule has 0 spiro atoms. The van der Waals surface area contributed by atoms with E-state index in [-0.39, 0.29) is 30.8 Å². The van der Waals surface area contributed by atoms with Crippen LogP contribution in [0.5, 0.6) is 0 Å². The minimum Gasteiger partial charge on any atom is -0.351 e. The summed E-state index contributed by atoms with van der Waals surface area (Å²) < 4.78 is 0. The van der Waals surface area contributed by atoms with Crippen molar-refractivity contribution in [3.8, 4) is 0 Å². The van der Waals surface area contributed by atoms with Crippen LogP contribution in [0.4, 0.5) is 16.2 Å². The van der Waals surface area contributed by atoms with Crippen LogP contribution >= 0.6 is 11.3 Å². The van der Waals surface area contributed by atoms with Crippen LogP contribution in [0.3, 0.4) is 0 Å². The Hall–Kier alpha value is -2.87. The second-order valence-electron chi connectivity index (χ2n) is 6.02. The number of carbonyl (C=O) groups excluding carboxylic acids is 3. The van der Waals surface area contributed by atoms with Gasteiger partial charge in [0.2, 0.25) is 5.91 Å². The number of rotatable bonds is 7.